The molecule has 4 nitrogen and oxygen atoms in total. The average Bonchev–Trinajstić information content (AvgIpc) is 2.94. The Hall–Kier alpha value is -0.320. The normalized spacial score (nSPS) is 30.1. The summed E-state index contributed by atoms with van der Waals surface area (Å²) in [5.41, 5.74) is 5.40. The number of carbonyl (C=O) groups is 1. The van der Waals surface area contributed by atoms with Crippen LogP contribution >= 0.6 is 12.4 Å². The lowest BCUT2D eigenvalue weighted by Crippen LogP contribution is -2.51. The predicted octanol–water partition coefficient (Wildman–Crippen LogP) is 1.61. The third-order valence-electron chi connectivity index (χ3n) is 4.65. The molecule has 2 bridgehead atoms. The van der Waals surface area contributed by atoms with Gasteiger partial charge in [0.05, 0.1) is 23.7 Å². The molecule has 0 aliphatic carbocycles. The Balaban J connectivity index is 0.00000162. The van der Waals surface area contributed by atoms with Crippen molar-refractivity contribution < 1.29 is 9.53 Å². The zero-order chi connectivity index (χ0) is 12.5. The molecule has 0 aromatic rings. The minimum absolute atomic E-state index is 0. The zero-order valence-electron chi connectivity index (χ0n) is 11.3. The Morgan fingerprint density at radius 2 is 2.06 bits per heavy atom. The fourth-order valence-corrected chi connectivity index (χ4v) is 3.06. The minimum Gasteiger partial charge on any atom is -0.373 e. The van der Waals surface area contributed by atoms with Gasteiger partial charge in [-0.25, -0.2) is 0 Å². The van der Waals surface area contributed by atoms with Gasteiger partial charge in [0.25, 0.3) is 0 Å². The number of nitrogens with one attached hydrogen (secondary N) is 1. The van der Waals surface area contributed by atoms with Crippen LogP contribution in [0.15, 0.2) is 0 Å². The summed E-state index contributed by atoms with van der Waals surface area (Å²) >= 11 is 0. The van der Waals surface area contributed by atoms with E-state index < -0.39 is 0 Å². The fraction of sp³-hybridized carbons (Fsp3) is 0.923. The predicted molar refractivity (Wildman–Crippen MR) is 73.8 cm³/mol. The molecule has 2 aliphatic heterocycles. The first-order chi connectivity index (χ1) is 8.15. The molecule has 5 heteroatoms. The highest BCUT2D eigenvalue weighted by Crippen LogP contribution is 2.35. The SMILES string of the molecule is CCC(CC)(CN)C(=O)NC1CC2CCC1O2.Cl. The third kappa shape index (κ3) is 2.65. The van der Waals surface area contributed by atoms with E-state index in [2.05, 4.69) is 5.32 Å². The van der Waals surface area contributed by atoms with Gasteiger partial charge in [-0.3, -0.25) is 4.79 Å². The number of nitrogens with two attached hydrogens (primary N) is 1. The maximum absolute atomic E-state index is 12.3. The molecule has 3 atom stereocenters. The van der Waals surface area contributed by atoms with E-state index in [-0.39, 0.29) is 35.9 Å². The summed E-state index contributed by atoms with van der Waals surface area (Å²) in [6.45, 7) is 4.49. The second-order valence-corrected chi connectivity index (χ2v) is 5.38. The van der Waals surface area contributed by atoms with Crippen LogP contribution < -0.4 is 11.1 Å². The number of hydrogen-bond acceptors (Lipinski definition) is 3. The van der Waals surface area contributed by atoms with Gasteiger partial charge in [0, 0.05) is 6.54 Å². The van der Waals surface area contributed by atoms with E-state index in [1.165, 1.54) is 0 Å². The van der Waals surface area contributed by atoms with E-state index in [4.69, 9.17) is 10.5 Å². The summed E-state index contributed by atoms with van der Waals surface area (Å²) in [4.78, 5) is 12.3. The van der Waals surface area contributed by atoms with Crippen molar-refractivity contribution in [3.05, 3.63) is 0 Å². The number of fused-ring (bicyclic) bond motifs is 2. The highest BCUT2D eigenvalue weighted by Gasteiger charge is 2.43. The van der Waals surface area contributed by atoms with Crippen LogP contribution in [-0.4, -0.2) is 30.7 Å². The van der Waals surface area contributed by atoms with Crippen LogP contribution in [0, 0.1) is 5.41 Å². The fourth-order valence-electron chi connectivity index (χ4n) is 3.06. The molecule has 2 saturated heterocycles. The van der Waals surface area contributed by atoms with Gasteiger partial charge in [0.15, 0.2) is 0 Å². The lowest BCUT2D eigenvalue weighted by Gasteiger charge is -2.31. The Morgan fingerprint density at radius 3 is 2.44 bits per heavy atom. The Morgan fingerprint density at radius 1 is 1.39 bits per heavy atom. The summed E-state index contributed by atoms with van der Waals surface area (Å²) in [6.07, 6.45) is 5.43. The second kappa shape index (κ2) is 6.22. The number of hydrogen-bond donors (Lipinski definition) is 2. The molecule has 106 valence electrons. The Labute approximate surface area is 115 Å². The minimum atomic E-state index is -0.387. The topological polar surface area (TPSA) is 64.4 Å². The summed E-state index contributed by atoms with van der Waals surface area (Å²) in [5, 5.41) is 3.16. The summed E-state index contributed by atoms with van der Waals surface area (Å²) in [6, 6.07) is 0.213. The number of rotatable bonds is 5. The first-order valence-electron chi connectivity index (χ1n) is 6.81. The van der Waals surface area contributed by atoms with Gasteiger partial charge in [0.1, 0.15) is 0 Å². The van der Waals surface area contributed by atoms with E-state index in [1.807, 2.05) is 13.8 Å². The number of carbonyl (C=O) groups excluding carboxylic acids is 1. The van der Waals surface area contributed by atoms with Crippen molar-refractivity contribution >= 4 is 18.3 Å². The highest BCUT2D eigenvalue weighted by atomic mass is 35.5. The second-order valence-electron chi connectivity index (χ2n) is 5.38. The molecule has 18 heavy (non-hydrogen) atoms. The van der Waals surface area contributed by atoms with Crippen molar-refractivity contribution in [2.45, 2.75) is 64.2 Å². The standard InChI is InChI=1S/C13H24N2O2.ClH/c1-3-13(4-2,8-14)12(16)15-10-7-9-5-6-11(10)17-9;/h9-11H,3-8,14H2,1-2H3,(H,15,16);1H. The first kappa shape index (κ1) is 15.7. The summed E-state index contributed by atoms with van der Waals surface area (Å²) in [5.74, 6) is 0.117. The number of halogens is 1. The van der Waals surface area contributed by atoms with Crippen LogP contribution in [0.4, 0.5) is 0 Å². The van der Waals surface area contributed by atoms with Crippen LogP contribution in [0.25, 0.3) is 0 Å². The molecule has 2 heterocycles. The number of amides is 1. The lowest BCUT2D eigenvalue weighted by molar-refractivity contribution is -0.132. The smallest absolute Gasteiger partial charge is 0.227 e. The summed E-state index contributed by atoms with van der Waals surface area (Å²) in [7, 11) is 0. The molecule has 1 amide bonds. The van der Waals surface area contributed by atoms with Crippen molar-refractivity contribution in [1.29, 1.82) is 0 Å². The molecule has 2 rings (SSSR count). The van der Waals surface area contributed by atoms with Gasteiger partial charge in [0.2, 0.25) is 5.91 Å². The molecular formula is C13H25ClN2O2. The molecule has 0 aromatic heterocycles. The van der Waals surface area contributed by atoms with E-state index >= 15 is 0 Å². The van der Waals surface area contributed by atoms with E-state index in [0.29, 0.717) is 12.6 Å². The number of ether oxygens (including phenoxy) is 1. The highest BCUT2D eigenvalue weighted by molar-refractivity contribution is 5.85. The molecule has 0 radical (unpaired) electrons. The van der Waals surface area contributed by atoms with E-state index in [9.17, 15) is 4.79 Å². The Bertz CT molecular complexity index is 286. The Kier molecular flexibility index (Phi) is 5.44. The van der Waals surface area contributed by atoms with Gasteiger partial charge in [-0.05, 0) is 32.1 Å². The van der Waals surface area contributed by atoms with Crippen molar-refractivity contribution in [3.8, 4) is 0 Å². The molecule has 0 aromatic carbocycles. The van der Waals surface area contributed by atoms with Crippen molar-refractivity contribution in [3.63, 3.8) is 0 Å². The monoisotopic (exact) mass is 276 g/mol. The molecule has 3 N–H and O–H groups in total. The van der Waals surface area contributed by atoms with Crippen molar-refractivity contribution in [2.24, 2.45) is 11.1 Å². The van der Waals surface area contributed by atoms with E-state index in [1.54, 1.807) is 0 Å². The van der Waals surface area contributed by atoms with Gasteiger partial charge in [-0.15, -0.1) is 12.4 Å². The molecule has 2 fully saturated rings. The molecule has 0 spiro atoms. The summed E-state index contributed by atoms with van der Waals surface area (Å²) < 4.78 is 5.75. The third-order valence-corrected chi connectivity index (χ3v) is 4.65. The van der Waals surface area contributed by atoms with Crippen LogP contribution in [0.2, 0.25) is 0 Å². The first-order valence-corrected chi connectivity index (χ1v) is 6.81. The molecular weight excluding hydrogens is 252 g/mol. The van der Waals surface area contributed by atoms with E-state index in [0.717, 1.165) is 32.1 Å². The average molecular weight is 277 g/mol. The van der Waals surface area contributed by atoms with Gasteiger partial charge in [-0.2, -0.15) is 0 Å². The largest absolute Gasteiger partial charge is 0.373 e. The van der Waals surface area contributed by atoms with Gasteiger partial charge < -0.3 is 15.8 Å². The maximum atomic E-state index is 12.3. The van der Waals surface area contributed by atoms with Crippen molar-refractivity contribution in [1.82, 2.24) is 5.32 Å². The lowest BCUT2D eigenvalue weighted by atomic mass is 9.81. The molecule has 3 unspecified atom stereocenters. The van der Waals surface area contributed by atoms with Crippen molar-refractivity contribution in [2.75, 3.05) is 6.54 Å². The van der Waals surface area contributed by atoms with Crippen LogP contribution in [0.5, 0.6) is 0 Å². The van der Waals surface area contributed by atoms with Crippen LogP contribution in [-0.2, 0) is 9.53 Å². The van der Waals surface area contributed by atoms with Gasteiger partial charge >= 0.3 is 0 Å². The van der Waals surface area contributed by atoms with Crippen LogP contribution in [0.3, 0.4) is 0 Å². The van der Waals surface area contributed by atoms with Crippen LogP contribution in [0.1, 0.15) is 46.0 Å². The molecule has 2 aliphatic rings. The molecule has 0 saturated carbocycles. The maximum Gasteiger partial charge on any atom is 0.227 e. The van der Waals surface area contributed by atoms with Gasteiger partial charge in [-0.1, -0.05) is 13.8 Å². The quantitative estimate of drug-likeness (QED) is 0.802. The zero-order valence-corrected chi connectivity index (χ0v) is 12.1.